The highest BCUT2D eigenvalue weighted by molar-refractivity contribution is 5.82. The Bertz CT molecular complexity index is 555. The summed E-state index contributed by atoms with van der Waals surface area (Å²) in [6.45, 7) is 5.86. The van der Waals surface area contributed by atoms with Crippen LogP contribution < -0.4 is 0 Å². The van der Waals surface area contributed by atoms with E-state index in [9.17, 15) is 9.59 Å². The standard InChI is InChI=1S/C18H24O4/c1-4-14(19)22-18-11-7-12(13(8-11)16(20)21-3)15(18)10-5-6-17(18,2)9-10/h4,10-13,15H,1,5-9H2,2-3H3. The zero-order chi connectivity index (χ0) is 15.7. The first-order valence-electron chi connectivity index (χ1n) is 8.40. The van der Waals surface area contributed by atoms with Gasteiger partial charge in [0.05, 0.1) is 13.0 Å². The molecule has 4 saturated carbocycles. The van der Waals surface area contributed by atoms with E-state index < -0.39 is 0 Å². The van der Waals surface area contributed by atoms with Gasteiger partial charge < -0.3 is 9.47 Å². The summed E-state index contributed by atoms with van der Waals surface area (Å²) in [5.41, 5.74) is -0.294. The first-order valence-corrected chi connectivity index (χ1v) is 8.40. The van der Waals surface area contributed by atoms with E-state index in [2.05, 4.69) is 13.5 Å². The van der Waals surface area contributed by atoms with E-state index in [1.807, 2.05) is 0 Å². The lowest BCUT2D eigenvalue weighted by Gasteiger charge is -2.52. The molecular formula is C18H24O4. The lowest BCUT2D eigenvalue weighted by atomic mass is 9.59. The third-order valence-electron chi connectivity index (χ3n) is 7.35. The average molecular weight is 304 g/mol. The molecule has 0 heterocycles. The summed E-state index contributed by atoms with van der Waals surface area (Å²) >= 11 is 0. The number of esters is 2. The lowest BCUT2D eigenvalue weighted by molar-refractivity contribution is -0.196. The van der Waals surface area contributed by atoms with Crippen molar-refractivity contribution < 1.29 is 19.1 Å². The van der Waals surface area contributed by atoms with Crippen molar-refractivity contribution in [3.63, 3.8) is 0 Å². The van der Waals surface area contributed by atoms with Gasteiger partial charge in [0.25, 0.3) is 0 Å². The second kappa shape index (κ2) is 4.36. The first kappa shape index (κ1) is 14.3. The summed E-state index contributed by atoms with van der Waals surface area (Å²) in [5.74, 6) is 1.15. The summed E-state index contributed by atoms with van der Waals surface area (Å²) in [4.78, 5) is 24.2. The summed E-state index contributed by atoms with van der Waals surface area (Å²) in [6.07, 6.45) is 6.55. The van der Waals surface area contributed by atoms with Crippen molar-refractivity contribution in [2.24, 2.45) is 35.0 Å². The molecule has 0 saturated heterocycles. The second-order valence-corrected chi connectivity index (χ2v) is 7.97. The molecule has 4 aliphatic rings. The van der Waals surface area contributed by atoms with E-state index in [0.29, 0.717) is 23.7 Å². The fourth-order valence-corrected chi connectivity index (χ4v) is 6.86. The van der Waals surface area contributed by atoms with Crippen LogP contribution in [0, 0.1) is 35.0 Å². The van der Waals surface area contributed by atoms with Gasteiger partial charge in [0.1, 0.15) is 5.60 Å². The molecule has 4 rings (SSSR count). The minimum Gasteiger partial charge on any atom is -0.469 e. The zero-order valence-corrected chi connectivity index (χ0v) is 13.3. The molecule has 0 aromatic rings. The van der Waals surface area contributed by atoms with E-state index >= 15 is 0 Å². The van der Waals surface area contributed by atoms with E-state index in [4.69, 9.17) is 9.47 Å². The smallest absolute Gasteiger partial charge is 0.330 e. The van der Waals surface area contributed by atoms with Crippen molar-refractivity contribution in [3.8, 4) is 0 Å². The number of carbonyl (C=O) groups is 2. The van der Waals surface area contributed by atoms with Crippen LogP contribution in [0.5, 0.6) is 0 Å². The molecule has 0 N–H and O–H groups in total. The van der Waals surface area contributed by atoms with Gasteiger partial charge in [-0.1, -0.05) is 13.5 Å². The number of rotatable bonds is 3. The molecule has 0 aromatic heterocycles. The fraction of sp³-hybridized carbons (Fsp3) is 0.778. The van der Waals surface area contributed by atoms with Gasteiger partial charge in [0.15, 0.2) is 0 Å². The number of carbonyl (C=O) groups excluding carboxylic acids is 2. The molecule has 0 aromatic carbocycles. The van der Waals surface area contributed by atoms with Crippen LogP contribution in [0.3, 0.4) is 0 Å². The normalized spacial score (nSPS) is 50.7. The summed E-state index contributed by atoms with van der Waals surface area (Å²) < 4.78 is 11.1. The molecule has 0 radical (unpaired) electrons. The molecule has 0 amide bonds. The summed E-state index contributed by atoms with van der Waals surface area (Å²) in [7, 11) is 1.47. The largest absolute Gasteiger partial charge is 0.469 e. The predicted octanol–water partition coefficient (Wildman–Crippen LogP) is 2.72. The number of hydrogen-bond donors (Lipinski definition) is 0. The first-order chi connectivity index (χ1) is 10.5. The summed E-state index contributed by atoms with van der Waals surface area (Å²) in [5, 5.41) is 0. The zero-order valence-electron chi connectivity index (χ0n) is 13.3. The Morgan fingerprint density at radius 3 is 2.77 bits per heavy atom. The topological polar surface area (TPSA) is 52.6 Å². The number of ether oxygens (including phenoxy) is 2. The number of methoxy groups -OCH3 is 1. The predicted molar refractivity (Wildman–Crippen MR) is 79.7 cm³/mol. The molecule has 0 spiro atoms. The van der Waals surface area contributed by atoms with Crippen LogP contribution in [0.1, 0.15) is 39.0 Å². The maximum Gasteiger partial charge on any atom is 0.330 e. The molecule has 22 heavy (non-hydrogen) atoms. The quantitative estimate of drug-likeness (QED) is 0.457. The van der Waals surface area contributed by atoms with Gasteiger partial charge in [-0.2, -0.15) is 0 Å². The van der Waals surface area contributed by atoms with Crippen LogP contribution in [0.15, 0.2) is 12.7 Å². The van der Waals surface area contributed by atoms with Gasteiger partial charge in [-0.25, -0.2) is 4.79 Å². The Morgan fingerprint density at radius 2 is 2.09 bits per heavy atom. The minimum atomic E-state index is -0.365. The average Bonchev–Trinajstić information content (AvgIpc) is 3.22. The highest BCUT2D eigenvalue weighted by Gasteiger charge is 2.78. The van der Waals surface area contributed by atoms with Crippen LogP contribution in [-0.2, 0) is 19.1 Å². The van der Waals surface area contributed by atoms with Gasteiger partial charge in [-0.3, -0.25) is 4.79 Å². The van der Waals surface area contributed by atoms with E-state index in [0.717, 1.165) is 25.7 Å². The van der Waals surface area contributed by atoms with Crippen LogP contribution in [0.25, 0.3) is 0 Å². The fourth-order valence-electron chi connectivity index (χ4n) is 6.86. The van der Waals surface area contributed by atoms with Crippen molar-refractivity contribution in [1.29, 1.82) is 0 Å². The third kappa shape index (κ3) is 1.44. The molecule has 4 nitrogen and oxygen atoms in total. The second-order valence-electron chi connectivity index (χ2n) is 7.97. The van der Waals surface area contributed by atoms with Crippen LogP contribution in [0.2, 0.25) is 0 Å². The molecule has 4 bridgehead atoms. The Morgan fingerprint density at radius 1 is 1.32 bits per heavy atom. The van der Waals surface area contributed by atoms with Crippen LogP contribution in [-0.4, -0.2) is 24.6 Å². The van der Waals surface area contributed by atoms with Crippen molar-refractivity contribution in [3.05, 3.63) is 12.7 Å². The molecule has 4 aliphatic carbocycles. The highest BCUT2D eigenvalue weighted by Crippen LogP contribution is 2.76. The molecule has 4 heteroatoms. The Kier molecular flexibility index (Phi) is 2.83. The molecular weight excluding hydrogens is 280 g/mol. The maximum atomic E-state index is 12.1. The lowest BCUT2D eigenvalue weighted by Crippen LogP contribution is -2.57. The van der Waals surface area contributed by atoms with Gasteiger partial charge in [0, 0.05) is 23.3 Å². The van der Waals surface area contributed by atoms with Crippen molar-refractivity contribution in [2.75, 3.05) is 7.11 Å². The number of fused-ring (bicyclic) bond motifs is 9. The van der Waals surface area contributed by atoms with Crippen LogP contribution >= 0.6 is 0 Å². The molecule has 7 atom stereocenters. The molecule has 120 valence electrons. The maximum absolute atomic E-state index is 12.1. The van der Waals surface area contributed by atoms with Gasteiger partial charge in [-0.05, 0) is 43.9 Å². The van der Waals surface area contributed by atoms with E-state index in [1.54, 1.807) is 0 Å². The van der Waals surface area contributed by atoms with Crippen molar-refractivity contribution in [2.45, 2.75) is 44.6 Å². The molecule has 4 fully saturated rings. The highest BCUT2D eigenvalue weighted by atomic mass is 16.6. The SMILES string of the molecule is C=CC(=O)OC12C3CC(C(=O)OC)C(C3)C1C1CCC2(C)C1. The Hall–Kier alpha value is -1.32. The van der Waals surface area contributed by atoms with E-state index in [-0.39, 0.29) is 28.9 Å². The van der Waals surface area contributed by atoms with Gasteiger partial charge >= 0.3 is 11.9 Å². The van der Waals surface area contributed by atoms with E-state index in [1.165, 1.54) is 19.6 Å². The monoisotopic (exact) mass is 304 g/mol. The molecule has 0 aliphatic heterocycles. The number of hydrogen-bond acceptors (Lipinski definition) is 4. The van der Waals surface area contributed by atoms with Crippen molar-refractivity contribution >= 4 is 11.9 Å². The van der Waals surface area contributed by atoms with Gasteiger partial charge in [-0.15, -0.1) is 0 Å². The minimum absolute atomic E-state index is 0.00138. The summed E-state index contributed by atoms with van der Waals surface area (Å²) in [6, 6.07) is 0. The van der Waals surface area contributed by atoms with Crippen LogP contribution in [0.4, 0.5) is 0 Å². The van der Waals surface area contributed by atoms with Crippen molar-refractivity contribution in [1.82, 2.24) is 0 Å². The Balaban J connectivity index is 1.74. The Labute approximate surface area is 131 Å². The third-order valence-corrected chi connectivity index (χ3v) is 7.35. The van der Waals surface area contributed by atoms with Gasteiger partial charge in [0.2, 0.25) is 0 Å². The molecule has 7 unspecified atom stereocenters.